The molecule has 7 nitrogen and oxygen atoms in total. The Morgan fingerprint density at radius 2 is 1.45 bits per heavy atom. The lowest BCUT2D eigenvalue weighted by Crippen LogP contribution is -2.36. The second-order valence-electron chi connectivity index (χ2n) is 6.05. The first kappa shape index (κ1) is 20.1. The summed E-state index contributed by atoms with van der Waals surface area (Å²) < 4.78 is 0. The highest BCUT2D eigenvalue weighted by atomic mass is 32.1. The fraction of sp³-hybridized carbons (Fsp3) is 0.0952. The van der Waals surface area contributed by atoms with E-state index in [4.69, 9.17) is 0 Å². The standard InChI is InChI=1S/C21H20N4O3S/c26-18(22-13-15-7-3-1-4-8-15)14-23-20(27)17-11-12-19(29-17)25-21(28)24-16-9-5-2-6-10-16/h1-12H,13-14H2,(H,22,26)(H,23,27)(H2,24,25,28). The van der Waals surface area contributed by atoms with Crippen molar-refractivity contribution in [3.05, 3.63) is 83.2 Å². The summed E-state index contributed by atoms with van der Waals surface area (Å²) >= 11 is 1.13. The largest absolute Gasteiger partial charge is 0.350 e. The Kier molecular flexibility index (Phi) is 6.96. The topological polar surface area (TPSA) is 99.3 Å². The number of para-hydroxylation sites is 1. The molecule has 0 unspecified atom stereocenters. The van der Waals surface area contributed by atoms with Gasteiger partial charge in [-0.1, -0.05) is 48.5 Å². The number of anilines is 2. The molecule has 0 aliphatic rings. The molecule has 0 aliphatic heterocycles. The van der Waals surface area contributed by atoms with Gasteiger partial charge in [-0.25, -0.2) is 4.79 Å². The van der Waals surface area contributed by atoms with Gasteiger partial charge in [0, 0.05) is 12.2 Å². The molecule has 0 saturated heterocycles. The lowest BCUT2D eigenvalue weighted by Gasteiger charge is -2.06. The highest BCUT2D eigenvalue weighted by Gasteiger charge is 2.12. The lowest BCUT2D eigenvalue weighted by atomic mass is 10.2. The molecule has 2 aromatic carbocycles. The van der Waals surface area contributed by atoms with Gasteiger partial charge in [0.15, 0.2) is 0 Å². The third-order valence-corrected chi connectivity index (χ3v) is 4.84. The molecule has 1 aromatic heterocycles. The molecule has 0 bridgehead atoms. The SMILES string of the molecule is O=C(CNC(=O)c1ccc(NC(=O)Nc2ccccc2)s1)NCc1ccccc1. The van der Waals surface area contributed by atoms with Gasteiger partial charge in [0.05, 0.1) is 16.4 Å². The van der Waals surface area contributed by atoms with Gasteiger partial charge >= 0.3 is 6.03 Å². The molecule has 29 heavy (non-hydrogen) atoms. The fourth-order valence-corrected chi connectivity index (χ4v) is 3.25. The van der Waals surface area contributed by atoms with Crippen molar-refractivity contribution in [2.24, 2.45) is 0 Å². The van der Waals surface area contributed by atoms with E-state index in [9.17, 15) is 14.4 Å². The zero-order chi connectivity index (χ0) is 20.5. The smallest absolute Gasteiger partial charge is 0.324 e. The van der Waals surface area contributed by atoms with Gasteiger partial charge in [-0.15, -0.1) is 11.3 Å². The number of amides is 4. The quantitative estimate of drug-likeness (QED) is 0.482. The number of carbonyl (C=O) groups excluding carboxylic acids is 3. The molecule has 0 atom stereocenters. The maximum Gasteiger partial charge on any atom is 0.324 e. The zero-order valence-electron chi connectivity index (χ0n) is 15.5. The minimum atomic E-state index is -0.398. The number of benzene rings is 2. The van der Waals surface area contributed by atoms with Crippen molar-refractivity contribution in [2.45, 2.75) is 6.54 Å². The first-order valence-corrected chi connectivity index (χ1v) is 9.73. The van der Waals surface area contributed by atoms with Crippen LogP contribution in [0.2, 0.25) is 0 Å². The fourth-order valence-electron chi connectivity index (χ4n) is 2.43. The van der Waals surface area contributed by atoms with E-state index in [0.717, 1.165) is 16.9 Å². The second kappa shape index (κ2) is 10.0. The first-order chi connectivity index (χ1) is 14.1. The Bertz CT molecular complexity index is 974. The number of thiophene rings is 1. The van der Waals surface area contributed by atoms with E-state index < -0.39 is 6.03 Å². The molecule has 3 aromatic rings. The van der Waals surface area contributed by atoms with Gasteiger partial charge in [-0.2, -0.15) is 0 Å². The lowest BCUT2D eigenvalue weighted by molar-refractivity contribution is -0.120. The van der Waals surface area contributed by atoms with Crippen LogP contribution in [0.1, 0.15) is 15.2 Å². The zero-order valence-corrected chi connectivity index (χ0v) is 16.3. The van der Waals surface area contributed by atoms with Crippen LogP contribution < -0.4 is 21.3 Å². The number of carbonyl (C=O) groups is 3. The Balaban J connectivity index is 1.42. The van der Waals surface area contributed by atoms with Gasteiger partial charge in [-0.3, -0.25) is 14.9 Å². The summed E-state index contributed by atoms with van der Waals surface area (Å²) in [4.78, 5) is 36.5. The molecule has 0 aliphatic carbocycles. The van der Waals surface area contributed by atoms with Crippen LogP contribution in [-0.4, -0.2) is 24.4 Å². The summed E-state index contributed by atoms with van der Waals surface area (Å²) in [6, 6.07) is 21.4. The Morgan fingerprint density at radius 1 is 0.759 bits per heavy atom. The van der Waals surface area contributed by atoms with Crippen LogP contribution in [0.4, 0.5) is 15.5 Å². The van der Waals surface area contributed by atoms with Crippen molar-refractivity contribution in [3.63, 3.8) is 0 Å². The summed E-state index contributed by atoms with van der Waals surface area (Å²) in [7, 11) is 0. The van der Waals surface area contributed by atoms with E-state index in [0.29, 0.717) is 22.1 Å². The van der Waals surface area contributed by atoms with Crippen LogP contribution in [0, 0.1) is 0 Å². The van der Waals surface area contributed by atoms with Gasteiger partial charge < -0.3 is 16.0 Å². The third kappa shape index (κ3) is 6.47. The molecule has 3 rings (SSSR count). The summed E-state index contributed by atoms with van der Waals surface area (Å²) in [6.45, 7) is 0.278. The first-order valence-electron chi connectivity index (χ1n) is 8.92. The Labute approximate surface area is 172 Å². The predicted octanol–water partition coefficient (Wildman–Crippen LogP) is 3.44. The highest BCUT2D eigenvalue weighted by molar-refractivity contribution is 7.18. The van der Waals surface area contributed by atoms with Crippen molar-refractivity contribution < 1.29 is 14.4 Å². The van der Waals surface area contributed by atoms with Crippen molar-refractivity contribution in [1.82, 2.24) is 10.6 Å². The third-order valence-electron chi connectivity index (χ3n) is 3.84. The number of rotatable bonds is 7. The van der Waals surface area contributed by atoms with Crippen LogP contribution in [0.3, 0.4) is 0 Å². The molecule has 4 N–H and O–H groups in total. The van der Waals surface area contributed by atoms with Crippen molar-refractivity contribution in [1.29, 1.82) is 0 Å². The minimum Gasteiger partial charge on any atom is -0.350 e. The molecular weight excluding hydrogens is 388 g/mol. The number of hydrogen-bond acceptors (Lipinski definition) is 4. The second-order valence-corrected chi connectivity index (χ2v) is 7.14. The van der Waals surface area contributed by atoms with E-state index >= 15 is 0 Å². The van der Waals surface area contributed by atoms with Crippen molar-refractivity contribution in [3.8, 4) is 0 Å². The van der Waals surface area contributed by atoms with E-state index in [1.54, 1.807) is 24.3 Å². The van der Waals surface area contributed by atoms with Gasteiger partial charge in [0.1, 0.15) is 0 Å². The molecule has 0 spiro atoms. The van der Waals surface area contributed by atoms with E-state index in [1.807, 2.05) is 48.5 Å². The molecular formula is C21H20N4O3S. The van der Waals surface area contributed by atoms with Gasteiger partial charge in [0.25, 0.3) is 5.91 Å². The molecule has 4 amide bonds. The predicted molar refractivity (Wildman–Crippen MR) is 114 cm³/mol. The Hall–Kier alpha value is -3.65. The van der Waals surface area contributed by atoms with Crippen LogP contribution in [0.15, 0.2) is 72.8 Å². The summed E-state index contributed by atoms with van der Waals surface area (Å²) in [5.41, 5.74) is 1.65. The van der Waals surface area contributed by atoms with Crippen molar-refractivity contribution in [2.75, 3.05) is 17.2 Å². The highest BCUT2D eigenvalue weighted by Crippen LogP contribution is 2.22. The van der Waals surface area contributed by atoms with Gasteiger partial charge in [-0.05, 0) is 29.8 Å². The van der Waals surface area contributed by atoms with E-state index in [1.165, 1.54) is 0 Å². The molecule has 0 fully saturated rings. The Morgan fingerprint density at radius 3 is 2.17 bits per heavy atom. The van der Waals surface area contributed by atoms with Crippen LogP contribution in [0.25, 0.3) is 0 Å². The number of hydrogen-bond donors (Lipinski definition) is 4. The van der Waals surface area contributed by atoms with E-state index in [-0.39, 0.29) is 18.4 Å². The van der Waals surface area contributed by atoms with E-state index in [2.05, 4.69) is 21.3 Å². The van der Waals surface area contributed by atoms with Crippen LogP contribution >= 0.6 is 11.3 Å². The molecule has 0 saturated carbocycles. The monoisotopic (exact) mass is 408 g/mol. The molecule has 148 valence electrons. The summed E-state index contributed by atoms with van der Waals surface area (Å²) in [5, 5.41) is 11.2. The van der Waals surface area contributed by atoms with Crippen LogP contribution in [0.5, 0.6) is 0 Å². The number of nitrogens with one attached hydrogen (secondary N) is 4. The molecule has 8 heteroatoms. The summed E-state index contributed by atoms with van der Waals surface area (Å²) in [6.07, 6.45) is 0. The van der Waals surface area contributed by atoms with Gasteiger partial charge in [0.2, 0.25) is 5.91 Å². The average molecular weight is 408 g/mol. The maximum atomic E-state index is 12.2. The number of urea groups is 1. The summed E-state index contributed by atoms with van der Waals surface area (Å²) in [5.74, 6) is -0.652. The maximum absolute atomic E-state index is 12.2. The molecule has 1 heterocycles. The molecule has 0 radical (unpaired) electrons. The average Bonchev–Trinajstić information content (AvgIpc) is 3.20. The van der Waals surface area contributed by atoms with Crippen LogP contribution in [-0.2, 0) is 11.3 Å². The van der Waals surface area contributed by atoms with Crippen molar-refractivity contribution >= 4 is 39.9 Å². The minimum absolute atomic E-state index is 0.124. The normalized spacial score (nSPS) is 10.1.